The lowest BCUT2D eigenvalue weighted by Crippen LogP contribution is -2.53. The van der Waals surface area contributed by atoms with E-state index >= 15 is 0 Å². The SMILES string of the molecule is CCC(CC1CC1)NC1C(C)(C)[C@H]2CC[C@]1(C)C2. The van der Waals surface area contributed by atoms with Crippen molar-refractivity contribution in [2.24, 2.45) is 22.7 Å². The van der Waals surface area contributed by atoms with Crippen LogP contribution in [0.3, 0.4) is 0 Å². The van der Waals surface area contributed by atoms with Crippen molar-refractivity contribution in [3.8, 4) is 0 Å². The van der Waals surface area contributed by atoms with Gasteiger partial charge in [0, 0.05) is 12.1 Å². The second kappa shape index (κ2) is 4.23. The van der Waals surface area contributed by atoms with Gasteiger partial charge in [-0.05, 0) is 54.8 Å². The van der Waals surface area contributed by atoms with Crippen molar-refractivity contribution in [1.29, 1.82) is 0 Å². The Bertz CT molecular complexity index is 313. The Morgan fingerprint density at radius 1 is 1.17 bits per heavy atom. The highest BCUT2D eigenvalue weighted by atomic mass is 15.0. The van der Waals surface area contributed by atoms with Crippen molar-refractivity contribution in [2.45, 2.75) is 84.7 Å². The summed E-state index contributed by atoms with van der Waals surface area (Å²) in [7, 11) is 0. The standard InChI is InChI=1S/C17H31N/c1-5-14(10-12-6-7-12)18-15-16(2,3)13-8-9-17(15,4)11-13/h12-15,18H,5-11H2,1-4H3/t13-,14?,15?,17+/m0/s1. The van der Waals surface area contributed by atoms with Crippen LogP contribution in [0.15, 0.2) is 0 Å². The van der Waals surface area contributed by atoms with Crippen LogP contribution in [0.25, 0.3) is 0 Å². The Kier molecular flexibility index (Phi) is 3.05. The molecule has 0 aliphatic heterocycles. The van der Waals surface area contributed by atoms with Gasteiger partial charge in [0.25, 0.3) is 0 Å². The third-order valence-electron chi connectivity index (χ3n) is 6.48. The molecule has 3 saturated carbocycles. The van der Waals surface area contributed by atoms with Crippen LogP contribution < -0.4 is 5.32 Å². The molecule has 3 aliphatic rings. The first-order valence-electron chi connectivity index (χ1n) is 8.22. The topological polar surface area (TPSA) is 12.0 Å². The maximum Gasteiger partial charge on any atom is 0.0177 e. The number of hydrogen-bond acceptors (Lipinski definition) is 1. The number of nitrogens with one attached hydrogen (secondary N) is 1. The van der Waals surface area contributed by atoms with E-state index in [9.17, 15) is 0 Å². The molecule has 18 heavy (non-hydrogen) atoms. The summed E-state index contributed by atoms with van der Waals surface area (Å²) in [6.45, 7) is 9.94. The van der Waals surface area contributed by atoms with Gasteiger partial charge in [-0.1, -0.05) is 40.5 Å². The molecule has 1 nitrogen and oxygen atoms in total. The Labute approximate surface area is 113 Å². The van der Waals surface area contributed by atoms with Gasteiger partial charge in [-0.2, -0.15) is 0 Å². The highest BCUT2D eigenvalue weighted by Gasteiger charge is 2.59. The van der Waals surface area contributed by atoms with Gasteiger partial charge in [-0.3, -0.25) is 0 Å². The molecule has 1 heteroatoms. The first-order chi connectivity index (χ1) is 8.45. The fourth-order valence-corrected chi connectivity index (χ4v) is 5.06. The highest BCUT2D eigenvalue weighted by molar-refractivity contribution is 5.12. The Hall–Kier alpha value is -0.0400. The molecule has 0 spiro atoms. The van der Waals surface area contributed by atoms with Crippen LogP contribution in [0.1, 0.15) is 72.6 Å². The molecule has 0 heterocycles. The lowest BCUT2D eigenvalue weighted by Gasteiger charge is -2.45. The number of hydrogen-bond donors (Lipinski definition) is 1. The molecule has 0 saturated heterocycles. The van der Waals surface area contributed by atoms with Gasteiger partial charge in [-0.15, -0.1) is 0 Å². The molecule has 2 bridgehead atoms. The van der Waals surface area contributed by atoms with E-state index in [1.54, 1.807) is 0 Å². The van der Waals surface area contributed by atoms with Gasteiger partial charge < -0.3 is 5.32 Å². The maximum absolute atomic E-state index is 4.10. The third-order valence-corrected chi connectivity index (χ3v) is 6.48. The minimum Gasteiger partial charge on any atom is -0.310 e. The van der Waals surface area contributed by atoms with Crippen LogP contribution in [-0.4, -0.2) is 12.1 Å². The van der Waals surface area contributed by atoms with Gasteiger partial charge >= 0.3 is 0 Å². The lowest BCUT2D eigenvalue weighted by atomic mass is 9.68. The zero-order chi connectivity index (χ0) is 13.0. The van der Waals surface area contributed by atoms with E-state index in [0.717, 1.165) is 23.9 Å². The molecule has 3 aliphatic carbocycles. The molecule has 0 aromatic heterocycles. The average Bonchev–Trinajstić information content (AvgIpc) is 3.00. The van der Waals surface area contributed by atoms with E-state index in [-0.39, 0.29) is 0 Å². The first-order valence-corrected chi connectivity index (χ1v) is 8.22. The molecular weight excluding hydrogens is 218 g/mol. The Morgan fingerprint density at radius 2 is 1.89 bits per heavy atom. The van der Waals surface area contributed by atoms with Gasteiger partial charge in [0.15, 0.2) is 0 Å². The van der Waals surface area contributed by atoms with E-state index in [1.807, 2.05) is 0 Å². The Morgan fingerprint density at radius 3 is 2.39 bits per heavy atom. The van der Waals surface area contributed by atoms with E-state index in [0.29, 0.717) is 10.8 Å². The smallest absolute Gasteiger partial charge is 0.0177 e. The average molecular weight is 249 g/mol. The quantitative estimate of drug-likeness (QED) is 0.763. The second-order valence-corrected chi connectivity index (χ2v) is 8.30. The molecule has 3 rings (SSSR count). The van der Waals surface area contributed by atoms with Crippen molar-refractivity contribution >= 4 is 0 Å². The molecule has 0 radical (unpaired) electrons. The largest absolute Gasteiger partial charge is 0.310 e. The van der Waals surface area contributed by atoms with Crippen LogP contribution in [-0.2, 0) is 0 Å². The zero-order valence-corrected chi connectivity index (χ0v) is 12.8. The fraction of sp³-hybridized carbons (Fsp3) is 1.00. The monoisotopic (exact) mass is 249 g/mol. The molecule has 1 N–H and O–H groups in total. The van der Waals surface area contributed by atoms with Crippen molar-refractivity contribution in [3.63, 3.8) is 0 Å². The van der Waals surface area contributed by atoms with E-state index < -0.39 is 0 Å². The predicted molar refractivity (Wildman–Crippen MR) is 77.6 cm³/mol. The van der Waals surface area contributed by atoms with Crippen LogP contribution in [0.4, 0.5) is 0 Å². The molecular formula is C17H31N. The maximum atomic E-state index is 4.10. The molecule has 4 atom stereocenters. The summed E-state index contributed by atoms with van der Waals surface area (Å²) in [5, 5.41) is 4.10. The highest BCUT2D eigenvalue weighted by Crippen LogP contribution is 2.62. The van der Waals surface area contributed by atoms with E-state index in [4.69, 9.17) is 0 Å². The minimum atomic E-state index is 0.518. The molecule has 2 unspecified atom stereocenters. The van der Waals surface area contributed by atoms with Crippen LogP contribution in [0.2, 0.25) is 0 Å². The Balaban J connectivity index is 1.70. The zero-order valence-electron chi connectivity index (χ0n) is 12.8. The summed E-state index contributed by atoms with van der Waals surface area (Å²) in [4.78, 5) is 0. The first kappa shape index (κ1) is 13.0. The van der Waals surface area contributed by atoms with Crippen molar-refractivity contribution < 1.29 is 0 Å². The van der Waals surface area contributed by atoms with E-state index in [1.165, 1.54) is 44.9 Å². The summed E-state index contributed by atoms with van der Waals surface area (Å²) in [5.41, 5.74) is 1.11. The van der Waals surface area contributed by atoms with Crippen LogP contribution >= 0.6 is 0 Å². The van der Waals surface area contributed by atoms with Crippen molar-refractivity contribution in [2.75, 3.05) is 0 Å². The molecule has 0 aromatic rings. The van der Waals surface area contributed by atoms with Gasteiger partial charge in [0.2, 0.25) is 0 Å². The minimum absolute atomic E-state index is 0.518. The van der Waals surface area contributed by atoms with Gasteiger partial charge in [-0.25, -0.2) is 0 Å². The van der Waals surface area contributed by atoms with Gasteiger partial charge in [0.1, 0.15) is 0 Å². The number of rotatable bonds is 5. The van der Waals surface area contributed by atoms with Gasteiger partial charge in [0.05, 0.1) is 0 Å². The third kappa shape index (κ3) is 2.03. The van der Waals surface area contributed by atoms with Crippen LogP contribution in [0.5, 0.6) is 0 Å². The predicted octanol–water partition coefficient (Wildman–Crippen LogP) is 4.37. The summed E-state index contributed by atoms with van der Waals surface area (Å²) in [6.07, 6.45) is 10.1. The lowest BCUT2D eigenvalue weighted by molar-refractivity contribution is 0.0955. The normalized spacial score (nSPS) is 43.3. The van der Waals surface area contributed by atoms with E-state index in [2.05, 4.69) is 33.0 Å². The molecule has 0 amide bonds. The number of fused-ring (bicyclic) bond motifs is 2. The second-order valence-electron chi connectivity index (χ2n) is 8.30. The van der Waals surface area contributed by atoms with Crippen LogP contribution in [0, 0.1) is 22.7 Å². The summed E-state index contributed by atoms with van der Waals surface area (Å²) in [6, 6.07) is 1.53. The molecule has 3 fully saturated rings. The van der Waals surface area contributed by atoms with Crippen molar-refractivity contribution in [1.82, 2.24) is 5.32 Å². The molecule has 0 aromatic carbocycles. The summed E-state index contributed by atoms with van der Waals surface area (Å²) in [5.74, 6) is 2.02. The summed E-state index contributed by atoms with van der Waals surface area (Å²) >= 11 is 0. The molecule has 104 valence electrons. The summed E-state index contributed by atoms with van der Waals surface area (Å²) < 4.78 is 0. The fourth-order valence-electron chi connectivity index (χ4n) is 5.06. The van der Waals surface area contributed by atoms with Crippen molar-refractivity contribution in [3.05, 3.63) is 0 Å².